The van der Waals surface area contributed by atoms with Crippen LogP contribution >= 0.6 is 11.6 Å². The molecule has 1 rings (SSSR count). The zero-order valence-corrected chi connectivity index (χ0v) is 8.75. The lowest BCUT2D eigenvalue weighted by Crippen LogP contribution is -2.18. The summed E-state index contributed by atoms with van der Waals surface area (Å²) in [6.45, 7) is 0.472. The fourth-order valence-corrected chi connectivity index (χ4v) is 1.47. The summed E-state index contributed by atoms with van der Waals surface area (Å²) in [5, 5.41) is 9.74. The van der Waals surface area contributed by atoms with Gasteiger partial charge in [-0.1, -0.05) is 17.5 Å². The third-order valence-corrected chi connectivity index (χ3v) is 2.19. The number of nitrogens with zero attached hydrogens (tertiary/aromatic N) is 1. The van der Waals surface area contributed by atoms with Crippen molar-refractivity contribution in [1.82, 2.24) is 0 Å². The molecule has 0 saturated heterocycles. The Morgan fingerprint density at radius 1 is 1.57 bits per heavy atom. The molecule has 74 valence electrons. The normalized spacial score (nSPS) is 9.57. The maximum Gasteiger partial charge on any atom is 0.0788 e. The fraction of sp³-hybridized carbons (Fsp3) is 0.273. The van der Waals surface area contributed by atoms with Crippen LogP contribution in [0.5, 0.6) is 0 Å². The zero-order chi connectivity index (χ0) is 10.6. The van der Waals surface area contributed by atoms with Gasteiger partial charge in [0.15, 0.2) is 0 Å². The number of halogens is 1. The van der Waals surface area contributed by atoms with E-state index >= 15 is 0 Å². The lowest BCUT2D eigenvalue weighted by Gasteiger charge is -2.19. The summed E-state index contributed by atoms with van der Waals surface area (Å²) in [5.41, 5.74) is 1.70. The summed E-state index contributed by atoms with van der Waals surface area (Å²) in [7, 11) is 1.88. The van der Waals surface area contributed by atoms with E-state index in [0.29, 0.717) is 11.6 Å². The summed E-state index contributed by atoms with van der Waals surface area (Å²) < 4.78 is 0. The average molecular weight is 210 g/mol. The van der Waals surface area contributed by atoms with Gasteiger partial charge in [0.2, 0.25) is 0 Å². The van der Waals surface area contributed by atoms with Gasteiger partial charge in [-0.25, -0.2) is 0 Å². The highest BCUT2D eigenvalue weighted by atomic mass is 35.5. The SMILES string of the molecule is C#CCN(C)c1ccc(Cl)cc1CO. The number of aliphatic hydroxyl groups is 1. The van der Waals surface area contributed by atoms with E-state index in [0.717, 1.165) is 11.3 Å². The average Bonchev–Trinajstić information content (AvgIpc) is 2.17. The molecule has 0 heterocycles. The van der Waals surface area contributed by atoms with Crippen LogP contribution in [-0.4, -0.2) is 18.7 Å². The molecule has 0 unspecified atom stereocenters. The first-order valence-corrected chi connectivity index (χ1v) is 4.60. The molecular formula is C11H12ClNO. The van der Waals surface area contributed by atoms with Crippen molar-refractivity contribution < 1.29 is 5.11 Å². The van der Waals surface area contributed by atoms with Crippen molar-refractivity contribution in [3.63, 3.8) is 0 Å². The van der Waals surface area contributed by atoms with Gasteiger partial charge in [-0.05, 0) is 18.2 Å². The minimum atomic E-state index is -0.0369. The third kappa shape index (κ3) is 2.41. The Bertz CT molecular complexity index is 357. The molecule has 0 bridgehead atoms. The molecule has 0 aliphatic carbocycles. The molecule has 3 heteroatoms. The van der Waals surface area contributed by atoms with Gasteiger partial charge in [0.1, 0.15) is 0 Å². The maximum absolute atomic E-state index is 9.12. The molecule has 1 aromatic rings. The Labute approximate surface area is 89.1 Å². The Hall–Kier alpha value is -1.17. The molecular weight excluding hydrogens is 198 g/mol. The molecule has 0 aliphatic heterocycles. The molecule has 14 heavy (non-hydrogen) atoms. The predicted molar refractivity (Wildman–Crippen MR) is 59.5 cm³/mol. The number of terminal acetylenes is 1. The van der Waals surface area contributed by atoms with Gasteiger partial charge in [-0.15, -0.1) is 6.42 Å². The van der Waals surface area contributed by atoms with Gasteiger partial charge in [0, 0.05) is 23.3 Å². The lowest BCUT2D eigenvalue weighted by atomic mass is 10.1. The standard InChI is InChI=1S/C11H12ClNO/c1-3-6-13(2)11-5-4-10(12)7-9(11)8-14/h1,4-5,7,14H,6,8H2,2H3. The van der Waals surface area contributed by atoms with E-state index in [1.807, 2.05) is 18.0 Å². The Morgan fingerprint density at radius 3 is 2.86 bits per heavy atom. The van der Waals surface area contributed by atoms with Gasteiger partial charge in [-0.3, -0.25) is 0 Å². The molecule has 0 aromatic heterocycles. The van der Waals surface area contributed by atoms with Crippen molar-refractivity contribution >= 4 is 17.3 Å². The van der Waals surface area contributed by atoms with E-state index < -0.39 is 0 Å². The van der Waals surface area contributed by atoms with Gasteiger partial charge in [-0.2, -0.15) is 0 Å². The van der Waals surface area contributed by atoms with Crippen LogP contribution in [0.1, 0.15) is 5.56 Å². The predicted octanol–water partition coefficient (Wildman–Crippen LogP) is 1.90. The van der Waals surface area contributed by atoms with Crippen LogP contribution in [0.15, 0.2) is 18.2 Å². The highest BCUT2D eigenvalue weighted by Gasteiger charge is 2.05. The third-order valence-electron chi connectivity index (χ3n) is 1.95. The second kappa shape index (κ2) is 4.90. The van der Waals surface area contributed by atoms with Crippen LogP contribution in [0.2, 0.25) is 5.02 Å². The maximum atomic E-state index is 9.12. The molecule has 2 nitrogen and oxygen atoms in total. The molecule has 0 radical (unpaired) electrons. The molecule has 0 spiro atoms. The first-order chi connectivity index (χ1) is 6.69. The van der Waals surface area contributed by atoms with E-state index in [1.54, 1.807) is 12.1 Å². The van der Waals surface area contributed by atoms with Crippen LogP contribution in [0.4, 0.5) is 5.69 Å². The number of hydrogen-bond acceptors (Lipinski definition) is 2. The molecule has 0 atom stereocenters. The van der Waals surface area contributed by atoms with Gasteiger partial charge >= 0.3 is 0 Å². The van der Waals surface area contributed by atoms with Crippen LogP contribution < -0.4 is 4.90 Å². The Kier molecular flexibility index (Phi) is 3.82. The lowest BCUT2D eigenvalue weighted by molar-refractivity contribution is 0.282. The van der Waals surface area contributed by atoms with Crippen molar-refractivity contribution in [3.8, 4) is 12.3 Å². The molecule has 0 amide bonds. The highest BCUT2D eigenvalue weighted by Crippen LogP contribution is 2.23. The summed E-state index contributed by atoms with van der Waals surface area (Å²) in [4.78, 5) is 1.89. The fourth-order valence-electron chi connectivity index (χ4n) is 1.28. The van der Waals surface area contributed by atoms with E-state index in [1.165, 1.54) is 0 Å². The van der Waals surface area contributed by atoms with Gasteiger partial charge in [0.25, 0.3) is 0 Å². The van der Waals surface area contributed by atoms with E-state index in [9.17, 15) is 0 Å². The smallest absolute Gasteiger partial charge is 0.0788 e. The van der Waals surface area contributed by atoms with Crippen LogP contribution in [0.25, 0.3) is 0 Å². The number of rotatable bonds is 3. The highest BCUT2D eigenvalue weighted by molar-refractivity contribution is 6.30. The van der Waals surface area contributed by atoms with Gasteiger partial charge in [0.05, 0.1) is 13.2 Å². The quantitative estimate of drug-likeness (QED) is 0.769. The first kappa shape index (κ1) is 10.9. The number of anilines is 1. The topological polar surface area (TPSA) is 23.5 Å². The summed E-state index contributed by atoms with van der Waals surface area (Å²) >= 11 is 5.81. The number of benzene rings is 1. The van der Waals surface area contributed by atoms with Crippen molar-refractivity contribution in [2.45, 2.75) is 6.61 Å². The zero-order valence-electron chi connectivity index (χ0n) is 8.00. The minimum absolute atomic E-state index is 0.0369. The van der Waals surface area contributed by atoms with Crippen molar-refractivity contribution in [3.05, 3.63) is 28.8 Å². The summed E-state index contributed by atoms with van der Waals surface area (Å²) in [6, 6.07) is 5.37. The Morgan fingerprint density at radius 2 is 2.29 bits per heavy atom. The molecule has 0 saturated carbocycles. The number of hydrogen-bond donors (Lipinski definition) is 1. The summed E-state index contributed by atoms with van der Waals surface area (Å²) in [6.07, 6.45) is 5.21. The minimum Gasteiger partial charge on any atom is -0.392 e. The molecule has 1 N–H and O–H groups in total. The Balaban J connectivity index is 3.02. The molecule has 1 aromatic carbocycles. The first-order valence-electron chi connectivity index (χ1n) is 4.23. The molecule has 0 fully saturated rings. The number of aliphatic hydroxyl groups excluding tert-OH is 1. The second-order valence-electron chi connectivity index (χ2n) is 2.99. The summed E-state index contributed by atoms with van der Waals surface area (Å²) in [5.74, 6) is 2.54. The largest absolute Gasteiger partial charge is 0.392 e. The van der Waals surface area contributed by atoms with Gasteiger partial charge < -0.3 is 10.0 Å². The van der Waals surface area contributed by atoms with E-state index in [4.69, 9.17) is 23.1 Å². The van der Waals surface area contributed by atoms with E-state index in [2.05, 4.69) is 5.92 Å². The molecule has 0 aliphatic rings. The van der Waals surface area contributed by atoms with Crippen molar-refractivity contribution in [2.24, 2.45) is 0 Å². The van der Waals surface area contributed by atoms with Crippen LogP contribution in [0, 0.1) is 12.3 Å². The van der Waals surface area contributed by atoms with Crippen LogP contribution in [0.3, 0.4) is 0 Å². The second-order valence-corrected chi connectivity index (χ2v) is 3.43. The van der Waals surface area contributed by atoms with Crippen molar-refractivity contribution in [1.29, 1.82) is 0 Å². The van der Waals surface area contributed by atoms with Crippen LogP contribution in [-0.2, 0) is 6.61 Å². The van der Waals surface area contributed by atoms with Crippen molar-refractivity contribution in [2.75, 3.05) is 18.5 Å². The monoisotopic (exact) mass is 209 g/mol. The van der Waals surface area contributed by atoms with E-state index in [-0.39, 0.29) is 6.61 Å².